The number of aryl methyl sites for hydroxylation is 1. The Bertz CT molecular complexity index is 1100. The largest absolute Gasteiger partial charge is 0.507 e. The molecule has 8 nitrogen and oxygen atoms in total. The van der Waals surface area contributed by atoms with Crippen LogP contribution in [0.1, 0.15) is 62.8 Å². The molecule has 1 fully saturated rings. The van der Waals surface area contributed by atoms with Crippen LogP contribution >= 0.6 is 12.6 Å². The van der Waals surface area contributed by atoms with Gasteiger partial charge in [-0.2, -0.15) is 12.6 Å². The molecule has 0 spiro atoms. The van der Waals surface area contributed by atoms with Gasteiger partial charge in [0.25, 0.3) is 0 Å². The summed E-state index contributed by atoms with van der Waals surface area (Å²) >= 11 is 4.32. The molecule has 3 amide bonds. The van der Waals surface area contributed by atoms with E-state index in [9.17, 15) is 19.5 Å². The number of carbonyl (C=O) groups excluding carboxylic acids is 3. The van der Waals surface area contributed by atoms with Crippen LogP contribution in [0.4, 0.5) is 4.79 Å². The van der Waals surface area contributed by atoms with E-state index in [0.717, 1.165) is 12.0 Å². The molecule has 0 heterocycles. The summed E-state index contributed by atoms with van der Waals surface area (Å²) in [6.45, 7) is 7.21. The maximum Gasteiger partial charge on any atom is 0.408 e. The molecule has 2 aromatic carbocycles. The monoisotopic (exact) mass is 527 g/mol. The number of thiol groups is 1. The Morgan fingerprint density at radius 2 is 1.78 bits per heavy atom. The molecule has 0 radical (unpaired) electrons. The van der Waals surface area contributed by atoms with Crippen molar-refractivity contribution in [3.05, 3.63) is 65.2 Å². The molecule has 0 bridgehead atoms. The van der Waals surface area contributed by atoms with Crippen LogP contribution in [0.25, 0.3) is 0 Å². The number of benzene rings is 2. The first-order valence-electron chi connectivity index (χ1n) is 12.5. The molecular formula is C28H37N3O5S. The van der Waals surface area contributed by atoms with Crippen molar-refractivity contribution in [1.82, 2.24) is 15.5 Å². The highest BCUT2D eigenvalue weighted by atomic mass is 32.1. The molecule has 1 aliphatic rings. The molecule has 200 valence electrons. The normalized spacial score (nSPS) is 15.2. The third kappa shape index (κ3) is 7.41. The minimum absolute atomic E-state index is 0.0133. The third-order valence-corrected chi connectivity index (χ3v) is 6.66. The number of aromatic hydroxyl groups is 1. The number of amides is 3. The zero-order valence-corrected chi connectivity index (χ0v) is 22.8. The van der Waals surface area contributed by atoms with Gasteiger partial charge in [-0.05, 0) is 58.1 Å². The molecule has 1 saturated carbocycles. The first kappa shape index (κ1) is 28.4. The SMILES string of the molecule is Cc1cccc(C(C(=O)NCc2ccccc2)N(C(=O)C(CS)NC(=O)OC(C)(C)C)C2CCC2)c1O. The summed E-state index contributed by atoms with van der Waals surface area (Å²) in [7, 11) is 0. The van der Waals surface area contributed by atoms with Gasteiger partial charge in [0.1, 0.15) is 23.4 Å². The van der Waals surface area contributed by atoms with Crippen molar-refractivity contribution < 1.29 is 24.2 Å². The molecule has 2 aromatic rings. The second kappa shape index (κ2) is 12.4. The Morgan fingerprint density at radius 3 is 2.35 bits per heavy atom. The Hall–Kier alpha value is -3.20. The molecule has 9 heteroatoms. The topological polar surface area (TPSA) is 108 Å². The number of carbonyl (C=O) groups is 3. The standard InChI is InChI=1S/C28H37N3O5S/c1-18-10-8-15-21(24(18)32)23(25(33)29-16-19-11-6-5-7-12-19)31(20-13-9-14-20)26(34)22(17-37)30-27(35)36-28(2,3)4/h5-8,10-12,15,20,22-23,32,37H,9,13-14,16-17H2,1-4H3,(H,29,33)(H,30,35). The third-order valence-electron chi connectivity index (χ3n) is 6.29. The van der Waals surface area contributed by atoms with Crippen LogP contribution < -0.4 is 10.6 Å². The highest BCUT2D eigenvalue weighted by Crippen LogP contribution is 2.37. The highest BCUT2D eigenvalue weighted by Gasteiger charge is 2.42. The Morgan fingerprint density at radius 1 is 1.11 bits per heavy atom. The maximum absolute atomic E-state index is 13.9. The minimum atomic E-state index is -1.09. The molecule has 3 rings (SSSR count). The number of ether oxygens (including phenoxy) is 1. The van der Waals surface area contributed by atoms with Gasteiger partial charge in [0.05, 0.1) is 0 Å². The zero-order chi connectivity index (χ0) is 27.2. The van der Waals surface area contributed by atoms with Gasteiger partial charge in [-0.25, -0.2) is 4.79 Å². The Balaban J connectivity index is 1.96. The van der Waals surface area contributed by atoms with Crippen LogP contribution in [-0.2, 0) is 20.9 Å². The van der Waals surface area contributed by atoms with Gasteiger partial charge in [-0.1, -0.05) is 48.5 Å². The summed E-state index contributed by atoms with van der Waals surface area (Å²) in [6, 6.07) is 12.3. The fourth-order valence-electron chi connectivity index (χ4n) is 4.20. The summed E-state index contributed by atoms with van der Waals surface area (Å²) in [5.41, 5.74) is 1.09. The second-order valence-corrected chi connectivity index (χ2v) is 10.7. The molecule has 0 aliphatic heterocycles. The quantitative estimate of drug-likeness (QED) is 0.365. The number of alkyl carbamates (subject to hydrolysis) is 1. The van der Waals surface area contributed by atoms with Crippen molar-refractivity contribution in [2.45, 2.75) is 77.2 Å². The average Bonchev–Trinajstić information content (AvgIpc) is 2.81. The predicted octanol–water partition coefficient (Wildman–Crippen LogP) is 4.26. The minimum Gasteiger partial charge on any atom is -0.507 e. The molecule has 2 atom stereocenters. The van der Waals surface area contributed by atoms with Crippen molar-refractivity contribution in [2.75, 3.05) is 5.75 Å². The van der Waals surface area contributed by atoms with Crippen LogP contribution in [0.2, 0.25) is 0 Å². The van der Waals surface area contributed by atoms with E-state index < -0.39 is 35.6 Å². The van der Waals surface area contributed by atoms with Crippen molar-refractivity contribution in [3.8, 4) is 5.75 Å². The first-order valence-corrected chi connectivity index (χ1v) is 13.2. The number of hydrogen-bond donors (Lipinski definition) is 4. The van der Waals surface area contributed by atoms with Crippen LogP contribution in [0.3, 0.4) is 0 Å². The van der Waals surface area contributed by atoms with Gasteiger partial charge in [0, 0.05) is 23.9 Å². The van der Waals surface area contributed by atoms with Crippen LogP contribution in [0.15, 0.2) is 48.5 Å². The lowest BCUT2D eigenvalue weighted by Gasteiger charge is -2.43. The van der Waals surface area contributed by atoms with Crippen molar-refractivity contribution in [3.63, 3.8) is 0 Å². The second-order valence-electron chi connectivity index (χ2n) is 10.3. The maximum atomic E-state index is 13.9. The fourth-order valence-corrected chi connectivity index (χ4v) is 4.45. The van der Waals surface area contributed by atoms with Crippen LogP contribution in [-0.4, -0.2) is 51.4 Å². The van der Waals surface area contributed by atoms with Crippen LogP contribution in [0.5, 0.6) is 5.75 Å². The average molecular weight is 528 g/mol. The van der Waals surface area contributed by atoms with E-state index >= 15 is 0 Å². The molecule has 1 aliphatic carbocycles. The summed E-state index contributed by atoms with van der Waals surface area (Å²) < 4.78 is 5.34. The highest BCUT2D eigenvalue weighted by molar-refractivity contribution is 7.80. The summed E-state index contributed by atoms with van der Waals surface area (Å²) in [4.78, 5) is 41.7. The molecule has 0 aromatic heterocycles. The van der Waals surface area contributed by atoms with Gasteiger partial charge < -0.3 is 25.4 Å². The van der Waals surface area contributed by atoms with E-state index in [-0.39, 0.29) is 24.1 Å². The first-order chi connectivity index (χ1) is 17.5. The Kier molecular flexibility index (Phi) is 9.48. The molecule has 37 heavy (non-hydrogen) atoms. The smallest absolute Gasteiger partial charge is 0.408 e. The van der Waals surface area contributed by atoms with Crippen LogP contribution in [0, 0.1) is 6.92 Å². The van der Waals surface area contributed by atoms with Gasteiger partial charge >= 0.3 is 6.09 Å². The molecule has 0 saturated heterocycles. The number of hydrogen-bond acceptors (Lipinski definition) is 6. The number of rotatable bonds is 9. The van der Waals surface area contributed by atoms with E-state index in [1.54, 1.807) is 45.9 Å². The molecule has 2 unspecified atom stereocenters. The number of phenolic OH excluding ortho intramolecular Hbond substituents is 1. The Labute approximate surface area is 224 Å². The molecule has 3 N–H and O–H groups in total. The predicted molar refractivity (Wildman–Crippen MR) is 145 cm³/mol. The van der Waals surface area contributed by atoms with Gasteiger partial charge in [0.2, 0.25) is 11.8 Å². The fraction of sp³-hybridized carbons (Fsp3) is 0.464. The van der Waals surface area contributed by atoms with Gasteiger partial charge in [-0.3, -0.25) is 9.59 Å². The summed E-state index contributed by atoms with van der Waals surface area (Å²) in [5, 5.41) is 16.5. The van der Waals surface area contributed by atoms with E-state index in [1.807, 2.05) is 30.3 Å². The number of nitrogens with one attached hydrogen (secondary N) is 2. The molecular weight excluding hydrogens is 490 g/mol. The van der Waals surface area contributed by atoms with Crippen molar-refractivity contribution in [1.29, 1.82) is 0 Å². The van der Waals surface area contributed by atoms with Crippen molar-refractivity contribution >= 4 is 30.5 Å². The van der Waals surface area contributed by atoms with E-state index in [0.29, 0.717) is 24.0 Å². The van der Waals surface area contributed by atoms with E-state index in [2.05, 4.69) is 23.3 Å². The summed E-state index contributed by atoms with van der Waals surface area (Å²) in [5.74, 6) is -0.895. The number of phenols is 1. The van der Waals surface area contributed by atoms with Gasteiger partial charge in [-0.15, -0.1) is 0 Å². The lowest BCUT2D eigenvalue weighted by molar-refractivity contribution is -0.147. The zero-order valence-electron chi connectivity index (χ0n) is 21.9. The lowest BCUT2D eigenvalue weighted by atomic mass is 9.87. The summed E-state index contributed by atoms with van der Waals surface area (Å²) in [6.07, 6.45) is 1.60. The van der Waals surface area contributed by atoms with Crippen molar-refractivity contribution in [2.24, 2.45) is 0 Å². The van der Waals surface area contributed by atoms with E-state index in [4.69, 9.17) is 4.74 Å². The lowest BCUT2D eigenvalue weighted by Crippen LogP contribution is -2.58. The number of para-hydroxylation sites is 1. The van der Waals surface area contributed by atoms with Gasteiger partial charge in [0.15, 0.2) is 0 Å². The van der Waals surface area contributed by atoms with E-state index in [1.165, 1.54) is 4.90 Å². The number of nitrogens with zero attached hydrogens (tertiary/aromatic N) is 1.